The molecule has 0 fully saturated rings. The van der Waals surface area contributed by atoms with E-state index in [1.807, 2.05) is 30.3 Å². The van der Waals surface area contributed by atoms with Gasteiger partial charge in [0.05, 0.1) is 0 Å². The summed E-state index contributed by atoms with van der Waals surface area (Å²) in [6.45, 7) is 4.42. The summed E-state index contributed by atoms with van der Waals surface area (Å²) in [6.07, 6.45) is 0. The summed E-state index contributed by atoms with van der Waals surface area (Å²) in [5.74, 6) is -0.483. The number of phenols is 2. The molecule has 0 amide bonds. The number of halogens is 2. The molecule has 0 heterocycles. The van der Waals surface area contributed by atoms with Crippen LogP contribution >= 0.6 is 0 Å². The van der Waals surface area contributed by atoms with Gasteiger partial charge in [0.2, 0.25) is 0 Å². The van der Waals surface area contributed by atoms with Crippen molar-refractivity contribution in [3.63, 3.8) is 0 Å². The molecule has 0 aromatic heterocycles. The molecule has 6 heteroatoms. The minimum atomic E-state index is -0.331. The standard InChI is InChI=1S/C9H7.2C6H5FO.C5H5.C2H7Si.Zr/c1-2-5-9-7-3-6-8(9)4-1;2*7-5-1-3-6(8)4-2-5;1-2-4-5-3-1;1-3-2;/h1-7H;2*1-4,8H;1-5H;3H,1-2H3;/q-1;;;-1;;+2. The molecule has 5 aromatic carbocycles. The number of phenolic OH excluding ortho intramolecular Hbond substituents is 2. The molecule has 2 N–H and O–H groups in total. The van der Waals surface area contributed by atoms with E-state index in [0.29, 0.717) is 0 Å². The molecule has 34 heavy (non-hydrogen) atoms. The van der Waals surface area contributed by atoms with Crippen molar-refractivity contribution in [3.8, 4) is 11.5 Å². The normalized spacial score (nSPS) is 8.71. The molecule has 175 valence electrons. The molecule has 0 aliphatic carbocycles. The maximum Gasteiger partial charge on any atom is 2.00 e. The van der Waals surface area contributed by atoms with Crippen LogP contribution in [0.4, 0.5) is 8.78 Å². The maximum absolute atomic E-state index is 12.0. The first-order valence-corrected chi connectivity index (χ1v) is 12.7. The first-order valence-electron chi connectivity index (χ1n) is 10.4. The molecule has 5 aromatic rings. The molecule has 0 saturated carbocycles. The van der Waals surface area contributed by atoms with Crippen LogP contribution < -0.4 is 0 Å². The Bertz CT molecular complexity index is 961. The Balaban J connectivity index is 0.000000413. The molecule has 0 aliphatic rings. The van der Waals surface area contributed by atoms with Gasteiger partial charge in [-0.2, -0.15) is 35.7 Å². The largest absolute Gasteiger partial charge is 2.00 e. The average molecular weight is 555 g/mol. The van der Waals surface area contributed by atoms with Crippen LogP contribution in [0.3, 0.4) is 0 Å². The van der Waals surface area contributed by atoms with Crippen molar-refractivity contribution in [2.24, 2.45) is 0 Å². The summed E-state index contributed by atoms with van der Waals surface area (Å²) in [6, 6.07) is 34.7. The summed E-state index contributed by atoms with van der Waals surface area (Å²) >= 11 is 0. The van der Waals surface area contributed by atoms with Crippen LogP contribution in [0.2, 0.25) is 13.1 Å². The van der Waals surface area contributed by atoms with E-state index in [1.54, 1.807) is 0 Å². The number of hydrogen-bond acceptors (Lipinski definition) is 2. The number of rotatable bonds is 0. The van der Waals surface area contributed by atoms with Crippen LogP contribution in [-0.4, -0.2) is 19.7 Å². The second-order valence-corrected chi connectivity index (χ2v) is 7.80. The van der Waals surface area contributed by atoms with Crippen molar-refractivity contribution in [2.75, 3.05) is 0 Å². The van der Waals surface area contributed by atoms with Crippen molar-refractivity contribution < 1.29 is 45.2 Å². The minimum Gasteiger partial charge on any atom is -0.508 e. The van der Waals surface area contributed by atoms with Crippen LogP contribution in [0.1, 0.15) is 0 Å². The third-order valence-electron chi connectivity index (χ3n) is 3.76. The monoisotopic (exact) mass is 553 g/mol. The van der Waals surface area contributed by atoms with Gasteiger partial charge in [-0.15, -0.1) is 29.7 Å². The molecule has 0 spiro atoms. The third-order valence-corrected chi connectivity index (χ3v) is 3.76. The second-order valence-electron chi connectivity index (χ2n) is 6.65. The van der Waals surface area contributed by atoms with Gasteiger partial charge in [0.15, 0.2) is 0 Å². The van der Waals surface area contributed by atoms with E-state index in [9.17, 15) is 8.78 Å². The van der Waals surface area contributed by atoms with Crippen LogP contribution in [0, 0.1) is 11.6 Å². The van der Waals surface area contributed by atoms with E-state index in [-0.39, 0.29) is 49.3 Å². The Morgan fingerprint density at radius 3 is 1.41 bits per heavy atom. The van der Waals surface area contributed by atoms with E-state index in [2.05, 4.69) is 55.6 Å². The van der Waals surface area contributed by atoms with E-state index >= 15 is 0 Å². The van der Waals surface area contributed by atoms with Gasteiger partial charge < -0.3 is 10.2 Å². The third kappa shape index (κ3) is 15.1. The van der Waals surface area contributed by atoms with Crippen LogP contribution in [0.5, 0.6) is 11.5 Å². The fourth-order valence-electron chi connectivity index (χ4n) is 2.27. The maximum atomic E-state index is 12.0. The Labute approximate surface area is 222 Å². The molecule has 0 unspecified atom stereocenters. The number of hydrogen-bond donors (Lipinski definition) is 2. The second kappa shape index (κ2) is 19.6. The van der Waals surface area contributed by atoms with Gasteiger partial charge in [-0.05, 0) is 48.5 Å². The summed E-state index contributed by atoms with van der Waals surface area (Å²) in [5, 5.41) is 19.8. The summed E-state index contributed by atoms with van der Waals surface area (Å²) in [7, 11) is 0.750. The molecule has 0 bridgehead atoms. The first kappa shape index (κ1) is 31.2. The number of aromatic hydroxyl groups is 2. The van der Waals surface area contributed by atoms with Crippen molar-refractivity contribution >= 4 is 20.3 Å². The molecular weight excluding hydrogens is 526 g/mol. The van der Waals surface area contributed by atoms with Crippen molar-refractivity contribution in [2.45, 2.75) is 13.1 Å². The molecule has 2 nitrogen and oxygen atoms in total. The van der Waals surface area contributed by atoms with Crippen LogP contribution in [0.25, 0.3) is 10.8 Å². The molecular formula is C28H29F2O2SiZr. The zero-order valence-corrected chi connectivity index (χ0v) is 22.9. The molecule has 0 saturated heterocycles. The fourth-order valence-corrected chi connectivity index (χ4v) is 2.27. The molecule has 5 rings (SSSR count). The quantitative estimate of drug-likeness (QED) is 0.153. The molecule has 1 radical (unpaired) electrons. The van der Waals surface area contributed by atoms with E-state index in [0.717, 1.165) is 9.52 Å². The van der Waals surface area contributed by atoms with Gasteiger partial charge in [-0.3, -0.25) is 0 Å². The van der Waals surface area contributed by atoms with E-state index in [1.165, 1.54) is 59.3 Å². The summed E-state index contributed by atoms with van der Waals surface area (Å²) < 4.78 is 24.0. The zero-order chi connectivity index (χ0) is 24.3. The average Bonchev–Trinajstić information content (AvgIpc) is 3.54. The Kier molecular flexibility index (Phi) is 18.0. The SMILES string of the molecule is C[SiH]C.Oc1ccc(F)cc1.Oc1ccc(F)cc1.[Zr+2].c1cc[cH-]c1.c1ccc2[cH-]ccc2c1. The van der Waals surface area contributed by atoms with Gasteiger partial charge in [-0.25, -0.2) is 20.9 Å². The summed E-state index contributed by atoms with van der Waals surface area (Å²) in [5.41, 5.74) is 0. The van der Waals surface area contributed by atoms with E-state index < -0.39 is 0 Å². The first-order chi connectivity index (χ1) is 16.0. The Hall–Kier alpha value is -2.82. The van der Waals surface area contributed by atoms with Gasteiger partial charge >= 0.3 is 26.2 Å². The predicted octanol–water partition coefficient (Wildman–Crippen LogP) is 7.54. The number of fused-ring (bicyclic) bond motifs is 1. The summed E-state index contributed by atoms with van der Waals surface area (Å²) in [4.78, 5) is 0. The van der Waals surface area contributed by atoms with Gasteiger partial charge in [0, 0.05) is 9.52 Å². The van der Waals surface area contributed by atoms with Crippen LogP contribution in [-0.2, 0) is 26.2 Å². The van der Waals surface area contributed by atoms with Crippen molar-refractivity contribution in [1.29, 1.82) is 0 Å². The van der Waals surface area contributed by atoms with Crippen molar-refractivity contribution in [1.82, 2.24) is 0 Å². The Morgan fingerprint density at radius 2 is 1.06 bits per heavy atom. The molecule has 0 atom stereocenters. The number of benzene rings is 3. The zero-order valence-electron chi connectivity index (χ0n) is 19.3. The Morgan fingerprint density at radius 1 is 0.618 bits per heavy atom. The van der Waals surface area contributed by atoms with Gasteiger partial charge in [0.1, 0.15) is 23.1 Å². The van der Waals surface area contributed by atoms with E-state index in [4.69, 9.17) is 10.2 Å². The van der Waals surface area contributed by atoms with Crippen LogP contribution in [0.15, 0.2) is 121 Å². The molecule has 0 aliphatic heterocycles. The van der Waals surface area contributed by atoms with Crippen molar-refractivity contribution in [3.05, 3.63) is 133 Å². The minimum absolute atomic E-state index is 0. The smallest absolute Gasteiger partial charge is 0.508 e. The van der Waals surface area contributed by atoms with Gasteiger partial charge in [-0.1, -0.05) is 19.2 Å². The van der Waals surface area contributed by atoms with Gasteiger partial charge in [0.25, 0.3) is 0 Å². The predicted molar refractivity (Wildman–Crippen MR) is 137 cm³/mol. The fraction of sp³-hybridized carbons (Fsp3) is 0.0714. The topological polar surface area (TPSA) is 40.5 Å².